The molecule has 0 aromatic heterocycles. The second-order valence-electron chi connectivity index (χ2n) is 5.51. The maximum Gasteiger partial charge on any atom is 0.305 e. The molecule has 2 nitrogen and oxygen atoms in total. The van der Waals surface area contributed by atoms with E-state index in [4.69, 9.17) is 4.74 Å². The Bertz CT molecular complexity index is 600. The van der Waals surface area contributed by atoms with E-state index in [0.29, 0.717) is 13.0 Å². The summed E-state index contributed by atoms with van der Waals surface area (Å²) in [6.45, 7) is 2.52. The Hall–Kier alpha value is -2.09. The van der Waals surface area contributed by atoms with Gasteiger partial charge in [-0.2, -0.15) is 0 Å². The van der Waals surface area contributed by atoms with E-state index >= 15 is 0 Å². The van der Waals surface area contributed by atoms with Crippen molar-refractivity contribution in [2.75, 3.05) is 6.61 Å². The number of hydrogen-bond donors (Lipinski definition) is 0. The zero-order chi connectivity index (χ0) is 14.7. The monoisotopic (exact) mass is 280 g/mol. The molecular weight excluding hydrogens is 260 g/mol. The molecule has 0 atom stereocenters. The Morgan fingerprint density at radius 3 is 2.14 bits per heavy atom. The summed E-state index contributed by atoms with van der Waals surface area (Å²) in [6, 6.07) is 16.8. The molecular formula is C19H20O2. The zero-order valence-electron chi connectivity index (χ0n) is 12.3. The minimum atomic E-state index is -0.0845. The predicted octanol–water partition coefficient (Wildman–Crippen LogP) is 4.53. The summed E-state index contributed by atoms with van der Waals surface area (Å²) in [5.74, 6) is 0.0849. The number of unbranched alkanes of at least 4 members (excludes halogenated alkanes) is 1. The van der Waals surface area contributed by atoms with Gasteiger partial charge in [-0.1, -0.05) is 61.9 Å². The fourth-order valence-electron chi connectivity index (χ4n) is 3.01. The summed E-state index contributed by atoms with van der Waals surface area (Å²) >= 11 is 0. The van der Waals surface area contributed by atoms with E-state index in [1.807, 2.05) is 0 Å². The van der Waals surface area contributed by atoms with Gasteiger partial charge in [0.2, 0.25) is 0 Å². The number of esters is 1. The first kappa shape index (κ1) is 13.9. The first-order valence-corrected chi connectivity index (χ1v) is 7.65. The molecule has 1 aliphatic carbocycles. The first-order valence-electron chi connectivity index (χ1n) is 7.65. The van der Waals surface area contributed by atoms with Crippen molar-refractivity contribution in [3.05, 3.63) is 59.7 Å². The summed E-state index contributed by atoms with van der Waals surface area (Å²) in [5.41, 5.74) is 5.06. The SMILES string of the molecule is CCCCC(=O)OCC1c2ccccc2-c2ccccc21. The molecule has 108 valence electrons. The van der Waals surface area contributed by atoms with Crippen LogP contribution in [0, 0.1) is 0 Å². The summed E-state index contributed by atoms with van der Waals surface area (Å²) in [4.78, 5) is 11.8. The molecule has 0 heterocycles. The molecule has 0 aliphatic heterocycles. The molecule has 0 bridgehead atoms. The number of carbonyl (C=O) groups is 1. The van der Waals surface area contributed by atoms with Crippen LogP contribution in [0.2, 0.25) is 0 Å². The lowest BCUT2D eigenvalue weighted by atomic mass is 9.98. The Morgan fingerprint density at radius 2 is 1.57 bits per heavy atom. The number of rotatable bonds is 5. The summed E-state index contributed by atoms with van der Waals surface area (Å²) in [5, 5.41) is 0. The van der Waals surface area contributed by atoms with Crippen molar-refractivity contribution in [1.29, 1.82) is 0 Å². The standard InChI is InChI=1S/C19H20O2/c1-2-3-12-19(20)21-13-18-16-10-6-4-8-14(16)15-9-5-7-11-17(15)18/h4-11,18H,2-3,12-13H2,1H3. The van der Waals surface area contributed by atoms with Crippen LogP contribution < -0.4 is 0 Å². The second-order valence-corrected chi connectivity index (χ2v) is 5.51. The van der Waals surface area contributed by atoms with E-state index < -0.39 is 0 Å². The average molecular weight is 280 g/mol. The van der Waals surface area contributed by atoms with Crippen molar-refractivity contribution in [3.8, 4) is 11.1 Å². The molecule has 0 saturated heterocycles. The van der Waals surface area contributed by atoms with Gasteiger partial charge in [0.15, 0.2) is 0 Å². The van der Waals surface area contributed by atoms with E-state index in [-0.39, 0.29) is 11.9 Å². The second kappa shape index (κ2) is 6.13. The van der Waals surface area contributed by atoms with Gasteiger partial charge >= 0.3 is 5.97 Å². The Morgan fingerprint density at radius 1 is 1.00 bits per heavy atom. The molecule has 2 heteroatoms. The molecule has 1 aliphatic rings. The quantitative estimate of drug-likeness (QED) is 0.752. The zero-order valence-corrected chi connectivity index (χ0v) is 12.3. The van der Waals surface area contributed by atoms with Crippen LogP contribution in [0.15, 0.2) is 48.5 Å². The summed E-state index contributed by atoms with van der Waals surface area (Å²) in [6.07, 6.45) is 2.44. The lowest BCUT2D eigenvalue weighted by Crippen LogP contribution is -2.12. The van der Waals surface area contributed by atoms with E-state index in [1.165, 1.54) is 22.3 Å². The van der Waals surface area contributed by atoms with Gasteiger partial charge in [0.1, 0.15) is 6.61 Å². The van der Waals surface area contributed by atoms with Crippen molar-refractivity contribution in [2.45, 2.75) is 32.1 Å². The molecule has 0 spiro atoms. The van der Waals surface area contributed by atoms with E-state index in [1.54, 1.807) is 0 Å². The molecule has 0 N–H and O–H groups in total. The Balaban J connectivity index is 1.81. The molecule has 2 aromatic carbocycles. The van der Waals surface area contributed by atoms with Crippen LogP contribution in [0.1, 0.15) is 43.2 Å². The minimum absolute atomic E-state index is 0.0845. The van der Waals surface area contributed by atoms with Gasteiger partial charge in [-0.3, -0.25) is 4.79 Å². The van der Waals surface area contributed by atoms with Crippen molar-refractivity contribution in [2.24, 2.45) is 0 Å². The van der Waals surface area contributed by atoms with Crippen molar-refractivity contribution in [3.63, 3.8) is 0 Å². The topological polar surface area (TPSA) is 26.3 Å². The molecule has 21 heavy (non-hydrogen) atoms. The van der Waals surface area contributed by atoms with E-state index in [9.17, 15) is 4.79 Å². The van der Waals surface area contributed by atoms with Crippen molar-refractivity contribution >= 4 is 5.97 Å². The maximum atomic E-state index is 11.8. The minimum Gasteiger partial charge on any atom is -0.465 e. The third-order valence-corrected chi connectivity index (χ3v) is 4.11. The fraction of sp³-hybridized carbons (Fsp3) is 0.316. The number of carbonyl (C=O) groups excluding carboxylic acids is 1. The summed E-state index contributed by atoms with van der Waals surface area (Å²) in [7, 11) is 0. The van der Waals surface area contributed by atoms with Crippen LogP contribution in [0.3, 0.4) is 0 Å². The van der Waals surface area contributed by atoms with Crippen molar-refractivity contribution in [1.82, 2.24) is 0 Å². The number of hydrogen-bond acceptors (Lipinski definition) is 2. The Kier molecular flexibility index (Phi) is 4.05. The fourth-order valence-corrected chi connectivity index (χ4v) is 3.01. The maximum absolute atomic E-state index is 11.8. The molecule has 0 unspecified atom stereocenters. The van der Waals surface area contributed by atoms with Gasteiger partial charge in [0.25, 0.3) is 0 Å². The van der Waals surface area contributed by atoms with Crippen LogP contribution in [-0.2, 0) is 9.53 Å². The third kappa shape index (κ3) is 2.71. The van der Waals surface area contributed by atoms with Gasteiger partial charge in [-0.05, 0) is 28.7 Å². The molecule has 0 radical (unpaired) electrons. The smallest absolute Gasteiger partial charge is 0.305 e. The molecule has 0 fully saturated rings. The van der Waals surface area contributed by atoms with Gasteiger partial charge in [0.05, 0.1) is 0 Å². The summed E-state index contributed by atoms with van der Waals surface area (Å²) < 4.78 is 5.50. The van der Waals surface area contributed by atoms with Crippen LogP contribution in [0.25, 0.3) is 11.1 Å². The normalized spacial score (nSPS) is 12.8. The lowest BCUT2D eigenvalue weighted by molar-refractivity contribution is -0.144. The van der Waals surface area contributed by atoms with Crippen LogP contribution in [-0.4, -0.2) is 12.6 Å². The van der Waals surface area contributed by atoms with Crippen LogP contribution >= 0.6 is 0 Å². The van der Waals surface area contributed by atoms with Gasteiger partial charge in [-0.15, -0.1) is 0 Å². The van der Waals surface area contributed by atoms with Crippen LogP contribution in [0.4, 0.5) is 0 Å². The van der Waals surface area contributed by atoms with Gasteiger partial charge < -0.3 is 4.74 Å². The number of ether oxygens (including phenoxy) is 1. The average Bonchev–Trinajstić information content (AvgIpc) is 2.85. The molecule has 2 aromatic rings. The highest BCUT2D eigenvalue weighted by atomic mass is 16.5. The highest BCUT2D eigenvalue weighted by Gasteiger charge is 2.28. The first-order chi connectivity index (χ1) is 10.3. The molecule has 0 saturated carbocycles. The molecule has 0 amide bonds. The highest BCUT2D eigenvalue weighted by molar-refractivity contribution is 5.79. The predicted molar refractivity (Wildman–Crippen MR) is 84.2 cm³/mol. The number of fused-ring (bicyclic) bond motifs is 3. The largest absolute Gasteiger partial charge is 0.465 e. The van der Waals surface area contributed by atoms with Gasteiger partial charge in [0, 0.05) is 12.3 Å². The lowest BCUT2D eigenvalue weighted by Gasteiger charge is -2.14. The van der Waals surface area contributed by atoms with Crippen LogP contribution in [0.5, 0.6) is 0 Å². The third-order valence-electron chi connectivity index (χ3n) is 4.11. The van der Waals surface area contributed by atoms with E-state index in [0.717, 1.165) is 12.8 Å². The highest BCUT2D eigenvalue weighted by Crippen LogP contribution is 2.44. The Labute approximate surface area is 125 Å². The van der Waals surface area contributed by atoms with Crippen molar-refractivity contribution < 1.29 is 9.53 Å². The van der Waals surface area contributed by atoms with E-state index in [2.05, 4.69) is 55.5 Å². The van der Waals surface area contributed by atoms with Gasteiger partial charge in [-0.25, -0.2) is 0 Å². The molecule has 3 rings (SSSR count). The number of benzene rings is 2.